The molecule has 0 radical (unpaired) electrons. The predicted octanol–water partition coefficient (Wildman–Crippen LogP) is 2.69. The van der Waals surface area contributed by atoms with Crippen LogP contribution >= 0.6 is 0 Å². The number of nitrogens with zero attached hydrogens (tertiary/aromatic N) is 1. The molecule has 0 spiro atoms. The third kappa shape index (κ3) is 3.18. The second kappa shape index (κ2) is 7.83. The van der Waals surface area contributed by atoms with E-state index in [0.717, 1.165) is 5.56 Å². The summed E-state index contributed by atoms with van der Waals surface area (Å²) in [5, 5.41) is 30.4. The van der Waals surface area contributed by atoms with Crippen molar-refractivity contribution in [2.75, 3.05) is 24.8 Å². The van der Waals surface area contributed by atoms with Gasteiger partial charge < -0.3 is 29.7 Å². The lowest BCUT2D eigenvalue weighted by Gasteiger charge is -2.28. The van der Waals surface area contributed by atoms with E-state index in [0.29, 0.717) is 35.7 Å². The molecule has 2 aliphatic rings. The lowest BCUT2D eigenvalue weighted by molar-refractivity contribution is -0.123. The number of anilines is 1. The predicted molar refractivity (Wildman–Crippen MR) is 118 cm³/mol. The molecule has 1 unspecified atom stereocenters. The Morgan fingerprint density at radius 3 is 2.39 bits per heavy atom. The molecule has 168 valence electrons. The number of fused-ring (bicyclic) bond motifs is 2. The number of amides is 1. The fraction of sp³-hybridized carbons (Fsp3) is 0.200. The van der Waals surface area contributed by atoms with E-state index in [1.54, 1.807) is 35.2 Å². The summed E-state index contributed by atoms with van der Waals surface area (Å²) in [5.41, 5.74) is 1.06. The zero-order chi connectivity index (χ0) is 23.2. The number of benzene rings is 3. The van der Waals surface area contributed by atoms with Gasteiger partial charge >= 0.3 is 5.97 Å². The van der Waals surface area contributed by atoms with Gasteiger partial charge in [0.25, 0.3) is 0 Å². The number of carbonyl (C=O) groups excluding carboxylic acids is 1. The van der Waals surface area contributed by atoms with E-state index in [-0.39, 0.29) is 29.6 Å². The van der Waals surface area contributed by atoms with Crippen LogP contribution in [-0.2, 0) is 16.6 Å². The minimum Gasteiger partial charge on any atom is -0.507 e. The van der Waals surface area contributed by atoms with Crippen molar-refractivity contribution in [3.05, 3.63) is 82.9 Å². The molecule has 1 atom stereocenters. The average molecular weight is 447 g/mol. The van der Waals surface area contributed by atoms with Crippen molar-refractivity contribution in [1.82, 2.24) is 0 Å². The number of ether oxygens (including phenoxy) is 2. The van der Waals surface area contributed by atoms with Crippen molar-refractivity contribution in [3.8, 4) is 17.2 Å². The van der Waals surface area contributed by atoms with E-state index in [4.69, 9.17) is 14.6 Å². The first-order chi connectivity index (χ1) is 16.0. The average Bonchev–Trinajstić information content (AvgIpc) is 3.37. The summed E-state index contributed by atoms with van der Waals surface area (Å²) in [4.78, 5) is 26.5. The van der Waals surface area contributed by atoms with Crippen LogP contribution in [0.5, 0.6) is 17.2 Å². The molecule has 8 heteroatoms. The Balaban J connectivity index is 1.52. The van der Waals surface area contributed by atoms with Crippen LogP contribution in [0.25, 0.3) is 0 Å². The van der Waals surface area contributed by atoms with E-state index >= 15 is 0 Å². The monoisotopic (exact) mass is 447 g/mol. The second-order valence-electron chi connectivity index (χ2n) is 8.01. The van der Waals surface area contributed by atoms with E-state index in [9.17, 15) is 19.8 Å². The number of aromatic hydroxyl groups is 1. The van der Waals surface area contributed by atoms with Gasteiger partial charge in [-0.15, -0.1) is 0 Å². The third-order valence-corrected chi connectivity index (χ3v) is 6.28. The van der Waals surface area contributed by atoms with E-state index in [1.807, 2.05) is 12.1 Å². The van der Waals surface area contributed by atoms with Crippen molar-refractivity contribution in [2.45, 2.75) is 11.8 Å². The van der Waals surface area contributed by atoms with Crippen LogP contribution in [0, 0.1) is 0 Å². The largest absolute Gasteiger partial charge is 0.507 e. The number of phenols is 1. The molecule has 0 saturated carbocycles. The fourth-order valence-electron chi connectivity index (χ4n) is 4.57. The summed E-state index contributed by atoms with van der Waals surface area (Å²) < 4.78 is 10.8. The number of para-hydroxylation sites is 1. The zero-order valence-corrected chi connectivity index (χ0v) is 17.5. The number of hydrogen-bond acceptors (Lipinski definition) is 6. The molecule has 1 amide bonds. The first kappa shape index (κ1) is 20.8. The second-order valence-corrected chi connectivity index (χ2v) is 8.01. The SMILES string of the molecule is O=C(O)c1ccc(CCN2C(=O)C(CO)(c3cc4c(cc3O)OCO4)c3ccccc32)cc1. The van der Waals surface area contributed by atoms with Gasteiger partial charge in [-0.05, 0) is 41.8 Å². The Bertz CT molecular complexity index is 1250. The van der Waals surface area contributed by atoms with Gasteiger partial charge in [-0.25, -0.2) is 4.79 Å². The summed E-state index contributed by atoms with van der Waals surface area (Å²) in [7, 11) is 0. The van der Waals surface area contributed by atoms with Gasteiger partial charge in [-0.2, -0.15) is 0 Å². The molecular weight excluding hydrogens is 426 g/mol. The van der Waals surface area contributed by atoms with Gasteiger partial charge in [0.2, 0.25) is 12.7 Å². The highest BCUT2D eigenvalue weighted by Crippen LogP contribution is 2.51. The maximum absolute atomic E-state index is 13.8. The summed E-state index contributed by atoms with van der Waals surface area (Å²) in [5.74, 6) is -0.742. The standard InChI is InChI=1S/C25H21NO7/c27-13-25(18-11-21-22(12-20(18)28)33-14-32-21)17-3-1-2-4-19(17)26(24(25)31)10-9-15-5-7-16(8-6-15)23(29)30/h1-8,11-12,27-28H,9-10,13-14H2,(H,29,30). The summed E-state index contributed by atoms with van der Waals surface area (Å²) in [6, 6.07) is 16.6. The highest BCUT2D eigenvalue weighted by Gasteiger charge is 2.53. The van der Waals surface area contributed by atoms with E-state index in [2.05, 4.69) is 0 Å². The lowest BCUT2D eigenvalue weighted by Crippen LogP contribution is -2.44. The number of aliphatic hydroxyl groups is 1. The Morgan fingerprint density at radius 2 is 1.70 bits per heavy atom. The maximum Gasteiger partial charge on any atom is 0.335 e. The smallest absolute Gasteiger partial charge is 0.335 e. The molecule has 2 aliphatic heterocycles. The van der Waals surface area contributed by atoms with Crippen LogP contribution in [-0.4, -0.2) is 47.1 Å². The molecule has 0 aliphatic carbocycles. The number of hydrogen-bond donors (Lipinski definition) is 3. The summed E-state index contributed by atoms with van der Waals surface area (Å²) >= 11 is 0. The van der Waals surface area contributed by atoms with Crippen molar-refractivity contribution in [2.24, 2.45) is 0 Å². The molecule has 2 heterocycles. The molecule has 0 aromatic heterocycles. The molecule has 3 aromatic rings. The van der Waals surface area contributed by atoms with Gasteiger partial charge in [-0.1, -0.05) is 30.3 Å². The fourth-order valence-corrected chi connectivity index (χ4v) is 4.57. The van der Waals surface area contributed by atoms with Crippen LogP contribution in [0.3, 0.4) is 0 Å². The van der Waals surface area contributed by atoms with Gasteiger partial charge in [0, 0.05) is 23.9 Å². The first-order valence-electron chi connectivity index (χ1n) is 10.4. The van der Waals surface area contributed by atoms with Crippen LogP contribution in [0.15, 0.2) is 60.7 Å². The minimum absolute atomic E-state index is 0.0156. The van der Waals surface area contributed by atoms with Crippen molar-refractivity contribution in [1.29, 1.82) is 0 Å². The number of carbonyl (C=O) groups is 2. The molecule has 0 saturated heterocycles. The van der Waals surface area contributed by atoms with E-state index in [1.165, 1.54) is 18.2 Å². The molecular formula is C25H21NO7. The Morgan fingerprint density at radius 1 is 1.00 bits per heavy atom. The zero-order valence-electron chi connectivity index (χ0n) is 17.5. The van der Waals surface area contributed by atoms with Crippen molar-refractivity contribution in [3.63, 3.8) is 0 Å². The molecule has 3 N–H and O–H groups in total. The Labute approximate surface area is 189 Å². The van der Waals surface area contributed by atoms with E-state index < -0.39 is 18.0 Å². The van der Waals surface area contributed by atoms with Gasteiger partial charge in [0.1, 0.15) is 11.2 Å². The van der Waals surface area contributed by atoms with Gasteiger partial charge in [0.15, 0.2) is 11.5 Å². The maximum atomic E-state index is 13.8. The molecule has 0 bridgehead atoms. The molecule has 8 nitrogen and oxygen atoms in total. The van der Waals surface area contributed by atoms with Crippen LogP contribution in [0.2, 0.25) is 0 Å². The van der Waals surface area contributed by atoms with Gasteiger partial charge in [-0.3, -0.25) is 4.79 Å². The number of carboxylic acid groups (broad SMARTS) is 1. The third-order valence-electron chi connectivity index (χ3n) is 6.28. The topological polar surface area (TPSA) is 117 Å². The number of carboxylic acids is 1. The normalized spacial score (nSPS) is 18.5. The number of aromatic carboxylic acids is 1. The lowest BCUT2D eigenvalue weighted by atomic mass is 9.75. The van der Waals surface area contributed by atoms with Crippen LogP contribution < -0.4 is 14.4 Å². The Kier molecular flexibility index (Phi) is 4.94. The Hall–Kier alpha value is -4.04. The highest BCUT2D eigenvalue weighted by atomic mass is 16.7. The van der Waals surface area contributed by atoms with Crippen LogP contribution in [0.4, 0.5) is 5.69 Å². The number of aliphatic hydroxyl groups excluding tert-OH is 1. The number of rotatable bonds is 6. The van der Waals surface area contributed by atoms with Crippen LogP contribution in [0.1, 0.15) is 27.0 Å². The quantitative estimate of drug-likeness (QED) is 0.532. The van der Waals surface area contributed by atoms with Crippen molar-refractivity contribution >= 4 is 17.6 Å². The highest BCUT2D eigenvalue weighted by molar-refractivity contribution is 6.11. The molecule has 3 aromatic carbocycles. The molecule has 5 rings (SSSR count). The van der Waals surface area contributed by atoms with Crippen molar-refractivity contribution < 1.29 is 34.4 Å². The summed E-state index contributed by atoms with van der Waals surface area (Å²) in [6.45, 7) is -0.211. The molecule has 33 heavy (non-hydrogen) atoms. The minimum atomic E-state index is -1.49. The van der Waals surface area contributed by atoms with Gasteiger partial charge in [0.05, 0.1) is 12.2 Å². The number of phenolic OH excluding ortho intramolecular Hbond substituents is 1. The summed E-state index contributed by atoms with van der Waals surface area (Å²) in [6.07, 6.45) is 0.481. The first-order valence-corrected chi connectivity index (χ1v) is 10.4. The molecule has 0 fully saturated rings.